The molecule has 0 aliphatic carbocycles. The molecule has 0 heterocycles. The molecule has 0 fully saturated rings. The van der Waals surface area contributed by atoms with E-state index in [1.165, 1.54) is 12.1 Å². The average molecular weight is 314 g/mol. The van der Waals surface area contributed by atoms with Crippen LogP contribution < -0.4 is 4.74 Å². The van der Waals surface area contributed by atoms with Gasteiger partial charge in [0.25, 0.3) is 0 Å². The smallest absolute Gasteiger partial charge is 0.419 e. The number of alkyl halides is 3. The maximum atomic E-state index is 13.0. The van der Waals surface area contributed by atoms with Crippen molar-refractivity contribution in [2.24, 2.45) is 0 Å². The van der Waals surface area contributed by atoms with Gasteiger partial charge in [-0.1, -0.05) is 18.2 Å². The second-order valence-electron chi connectivity index (χ2n) is 4.39. The van der Waals surface area contributed by atoms with Crippen molar-refractivity contribution >= 4 is 5.97 Å². The fraction of sp³-hybridized carbons (Fsp3) is 0.133. The number of carboxylic acid groups (broad SMARTS) is 1. The summed E-state index contributed by atoms with van der Waals surface area (Å²) in [7, 11) is 0. The van der Waals surface area contributed by atoms with Crippen molar-refractivity contribution in [2.75, 3.05) is 0 Å². The Labute approximate surface area is 122 Å². The van der Waals surface area contributed by atoms with Gasteiger partial charge in [0.2, 0.25) is 0 Å². The van der Waals surface area contributed by atoms with Crippen LogP contribution in [-0.2, 0) is 12.8 Å². The summed E-state index contributed by atoms with van der Waals surface area (Å²) < 4.78 is 56.5. The number of carbonyl (C=O) groups is 1. The van der Waals surface area contributed by atoms with Gasteiger partial charge in [-0.3, -0.25) is 0 Å². The first-order chi connectivity index (χ1) is 10.3. The molecule has 22 heavy (non-hydrogen) atoms. The van der Waals surface area contributed by atoms with Crippen LogP contribution in [0.15, 0.2) is 42.5 Å². The van der Waals surface area contributed by atoms with Gasteiger partial charge >= 0.3 is 12.1 Å². The monoisotopic (exact) mass is 314 g/mol. The van der Waals surface area contributed by atoms with Crippen molar-refractivity contribution in [2.45, 2.75) is 12.8 Å². The summed E-state index contributed by atoms with van der Waals surface area (Å²) in [5, 5.41) is 8.97. The number of hydrogen-bond donors (Lipinski definition) is 1. The number of aromatic carboxylic acids is 1. The molecule has 0 saturated carbocycles. The first kappa shape index (κ1) is 15.8. The molecule has 0 aliphatic heterocycles. The maximum Gasteiger partial charge on any atom is 0.419 e. The van der Waals surface area contributed by atoms with Gasteiger partial charge in [-0.05, 0) is 24.3 Å². The fourth-order valence-corrected chi connectivity index (χ4v) is 1.86. The van der Waals surface area contributed by atoms with Crippen molar-refractivity contribution < 1.29 is 32.2 Å². The predicted molar refractivity (Wildman–Crippen MR) is 69.1 cm³/mol. The van der Waals surface area contributed by atoms with Crippen LogP contribution in [0.3, 0.4) is 0 Å². The van der Waals surface area contributed by atoms with Crippen molar-refractivity contribution in [1.82, 2.24) is 0 Å². The lowest BCUT2D eigenvalue weighted by Crippen LogP contribution is -2.10. The molecule has 0 aromatic heterocycles. The molecule has 3 nitrogen and oxygen atoms in total. The number of hydrogen-bond acceptors (Lipinski definition) is 2. The van der Waals surface area contributed by atoms with Crippen LogP contribution in [0.1, 0.15) is 21.5 Å². The highest BCUT2D eigenvalue weighted by Gasteiger charge is 2.34. The van der Waals surface area contributed by atoms with E-state index in [2.05, 4.69) is 0 Å². The molecular formula is C15H10F4O3. The van der Waals surface area contributed by atoms with E-state index < -0.39 is 35.9 Å². The van der Waals surface area contributed by atoms with E-state index in [1.54, 1.807) is 0 Å². The van der Waals surface area contributed by atoms with Crippen molar-refractivity contribution in [3.63, 3.8) is 0 Å². The molecule has 0 amide bonds. The number of ether oxygens (including phenoxy) is 1. The van der Waals surface area contributed by atoms with Crippen molar-refractivity contribution in [3.8, 4) is 5.75 Å². The Morgan fingerprint density at radius 3 is 2.45 bits per heavy atom. The lowest BCUT2D eigenvalue weighted by molar-refractivity contribution is -0.139. The average Bonchev–Trinajstić information content (AvgIpc) is 2.45. The molecule has 0 unspecified atom stereocenters. The predicted octanol–water partition coefficient (Wildman–Crippen LogP) is 4.12. The number of benzene rings is 2. The van der Waals surface area contributed by atoms with Gasteiger partial charge in [0.05, 0.1) is 11.1 Å². The van der Waals surface area contributed by atoms with Crippen LogP contribution in [0.4, 0.5) is 17.6 Å². The van der Waals surface area contributed by atoms with Gasteiger partial charge in [-0.2, -0.15) is 13.2 Å². The lowest BCUT2D eigenvalue weighted by Gasteiger charge is -2.14. The van der Waals surface area contributed by atoms with E-state index in [4.69, 9.17) is 9.84 Å². The summed E-state index contributed by atoms with van der Waals surface area (Å²) in [5.74, 6) is -2.56. The zero-order valence-corrected chi connectivity index (χ0v) is 11.0. The topological polar surface area (TPSA) is 46.5 Å². The maximum absolute atomic E-state index is 13.0. The molecular weight excluding hydrogens is 304 g/mol. The first-order valence-electron chi connectivity index (χ1n) is 6.10. The number of para-hydroxylation sites is 1. The summed E-state index contributed by atoms with van der Waals surface area (Å²) in [6, 6.07) is 7.54. The zero-order chi connectivity index (χ0) is 16.3. The number of rotatable bonds is 4. The van der Waals surface area contributed by atoms with Gasteiger partial charge in [0.1, 0.15) is 18.2 Å². The number of halogens is 4. The molecule has 1 N–H and O–H groups in total. The second-order valence-corrected chi connectivity index (χ2v) is 4.39. The van der Waals surface area contributed by atoms with Gasteiger partial charge in [-0.15, -0.1) is 0 Å². The molecule has 0 atom stereocenters. The van der Waals surface area contributed by atoms with E-state index in [1.807, 2.05) is 0 Å². The van der Waals surface area contributed by atoms with Gasteiger partial charge < -0.3 is 9.84 Å². The van der Waals surface area contributed by atoms with Crippen LogP contribution in [0, 0.1) is 5.82 Å². The molecule has 0 saturated heterocycles. The highest BCUT2D eigenvalue weighted by molar-refractivity contribution is 5.89. The molecule has 0 spiro atoms. The third kappa shape index (κ3) is 3.55. The molecule has 0 aliphatic rings. The van der Waals surface area contributed by atoms with E-state index in [9.17, 15) is 22.4 Å². The van der Waals surface area contributed by atoms with Crippen molar-refractivity contribution in [1.29, 1.82) is 0 Å². The molecule has 116 valence electrons. The minimum absolute atomic E-state index is 0.0749. The van der Waals surface area contributed by atoms with Crippen molar-refractivity contribution in [3.05, 3.63) is 65.0 Å². The second kappa shape index (κ2) is 6.05. The Kier molecular flexibility index (Phi) is 4.35. The Morgan fingerprint density at radius 2 is 1.82 bits per heavy atom. The Morgan fingerprint density at radius 1 is 1.14 bits per heavy atom. The van der Waals surface area contributed by atoms with Gasteiger partial charge in [0.15, 0.2) is 0 Å². The van der Waals surface area contributed by atoms with E-state index in [0.29, 0.717) is 0 Å². The highest BCUT2D eigenvalue weighted by Crippen LogP contribution is 2.36. The quantitative estimate of drug-likeness (QED) is 0.864. The Bertz CT molecular complexity index is 695. The SMILES string of the molecule is O=C(O)c1cc(F)ccc1COc1ccccc1C(F)(F)F. The molecule has 2 rings (SSSR count). The third-order valence-corrected chi connectivity index (χ3v) is 2.88. The van der Waals surface area contributed by atoms with Gasteiger partial charge in [-0.25, -0.2) is 9.18 Å². The van der Waals surface area contributed by atoms with Gasteiger partial charge in [0, 0.05) is 5.56 Å². The van der Waals surface area contributed by atoms with E-state index in [-0.39, 0.29) is 11.1 Å². The van der Waals surface area contributed by atoms with Crippen LogP contribution in [0.5, 0.6) is 5.75 Å². The van der Waals surface area contributed by atoms with E-state index >= 15 is 0 Å². The summed E-state index contributed by atoms with van der Waals surface area (Å²) >= 11 is 0. The Hall–Kier alpha value is -2.57. The molecule has 0 bridgehead atoms. The van der Waals surface area contributed by atoms with Crippen LogP contribution in [-0.4, -0.2) is 11.1 Å². The highest BCUT2D eigenvalue weighted by atomic mass is 19.4. The first-order valence-corrected chi connectivity index (χ1v) is 6.10. The Balaban J connectivity index is 2.27. The minimum atomic E-state index is -4.59. The fourth-order valence-electron chi connectivity index (χ4n) is 1.86. The van der Waals surface area contributed by atoms with Crippen LogP contribution >= 0.6 is 0 Å². The van der Waals surface area contributed by atoms with E-state index in [0.717, 1.165) is 30.3 Å². The lowest BCUT2D eigenvalue weighted by atomic mass is 10.1. The standard InChI is InChI=1S/C15H10F4O3/c16-10-6-5-9(11(7-10)14(20)21)8-22-13-4-2-1-3-12(13)15(17,18)19/h1-7H,8H2,(H,20,21). The molecule has 2 aromatic carbocycles. The molecule has 7 heteroatoms. The third-order valence-electron chi connectivity index (χ3n) is 2.88. The molecule has 2 aromatic rings. The largest absolute Gasteiger partial charge is 0.488 e. The summed E-state index contributed by atoms with van der Waals surface area (Å²) in [6.07, 6.45) is -4.59. The summed E-state index contributed by atoms with van der Waals surface area (Å²) in [4.78, 5) is 11.0. The van der Waals surface area contributed by atoms with Crippen LogP contribution in [0.2, 0.25) is 0 Å². The summed E-state index contributed by atoms with van der Waals surface area (Å²) in [5.41, 5.74) is -1.25. The minimum Gasteiger partial charge on any atom is -0.488 e. The van der Waals surface area contributed by atoms with Crippen LogP contribution in [0.25, 0.3) is 0 Å². The summed E-state index contributed by atoms with van der Waals surface area (Å²) in [6.45, 7) is -0.422. The zero-order valence-electron chi connectivity index (χ0n) is 11.0. The molecule has 0 radical (unpaired) electrons. The number of carboxylic acids is 1. The normalized spacial score (nSPS) is 11.3.